The van der Waals surface area contributed by atoms with E-state index in [1.807, 2.05) is 0 Å². The molecule has 0 aliphatic carbocycles. The maximum Gasteiger partial charge on any atom is 0.251 e. The summed E-state index contributed by atoms with van der Waals surface area (Å²) in [5.74, 6) is -0.892. The lowest BCUT2D eigenvalue weighted by Crippen LogP contribution is -2.68. The molecule has 0 rings (SSSR count). The number of guanidine groups is 1. The van der Waals surface area contributed by atoms with Crippen molar-refractivity contribution in [1.82, 2.24) is 4.90 Å². The van der Waals surface area contributed by atoms with Gasteiger partial charge >= 0.3 is 0 Å². The molecule has 0 fully saturated rings. The summed E-state index contributed by atoms with van der Waals surface area (Å²) in [6, 6.07) is -0.896. The molecule has 9 heteroatoms. The molecule has 2 atom stereocenters. The highest BCUT2D eigenvalue weighted by molar-refractivity contribution is 6.12. The third kappa shape index (κ3) is 21.1. The fourth-order valence-corrected chi connectivity index (χ4v) is 5.81. The van der Waals surface area contributed by atoms with Crippen LogP contribution in [-0.4, -0.2) is 60.3 Å². The zero-order valence-corrected chi connectivity index (χ0v) is 29.0. The fraction of sp³-hybridized carbons (Fsp3) is 0.914. The van der Waals surface area contributed by atoms with Crippen LogP contribution in [0.25, 0.3) is 0 Å². The van der Waals surface area contributed by atoms with E-state index in [-0.39, 0.29) is 18.4 Å². The number of nitrogens with zero attached hydrogens (tertiary/aromatic N) is 2. The Morgan fingerprint density at radius 2 is 1.00 bits per heavy atom. The molecule has 1 unspecified atom stereocenters. The number of unbranched alkanes of at least 4 members (excludes halogenated alkanes) is 20. The van der Waals surface area contributed by atoms with Crippen LogP contribution in [-0.2, 0) is 9.59 Å². The molecule has 0 aromatic carbocycles. The second kappa shape index (κ2) is 28.7. The molecule has 9 nitrogen and oxygen atoms in total. The Labute approximate surface area is 271 Å². The van der Waals surface area contributed by atoms with Gasteiger partial charge in [0.15, 0.2) is 17.3 Å². The van der Waals surface area contributed by atoms with Crippen LogP contribution < -0.4 is 28.7 Å². The summed E-state index contributed by atoms with van der Waals surface area (Å²) >= 11 is 0. The minimum absolute atomic E-state index is 0.00405. The third-order valence-electron chi connectivity index (χ3n) is 8.80. The van der Waals surface area contributed by atoms with E-state index >= 15 is 0 Å². The normalized spacial score (nSPS) is 13.4. The highest BCUT2D eigenvalue weighted by Gasteiger charge is 2.45. The Morgan fingerprint density at radius 3 is 1.34 bits per heavy atom. The van der Waals surface area contributed by atoms with E-state index in [0.717, 1.165) is 25.7 Å². The van der Waals surface area contributed by atoms with Gasteiger partial charge in [0.1, 0.15) is 0 Å². The number of ketones is 1. The largest absolute Gasteiger partial charge is 0.370 e. The van der Waals surface area contributed by atoms with Gasteiger partial charge in [-0.3, -0.25) is 14.6 Å². The molecule has 0 saturated heterocycles. The second-order valence-corrected chi connectivity index (χ2v) is 13.0. The van der Waals surface area contributed by atoms with Gasteiger partial charge in [-0.25, -0.2) is 0 Å². The topological polar surface area (TPSA) is 180 Å². The van der Waals surface area contributed by atoms with Gasteiger partial charge in [-0.15, -0.1) is 0 Å². The van der Waals surface area contributed by atoms with Crippen molar-refractivity contribution in [3.8, 4) is 0 Å². The van der Waals surface area contributed by atoms with Crippen molar-refractivity contribution < 1.29 is 9.59 Å². The van der Waals surface area contributed by atoms with Crippen LogP contribution in [0.4, 0.5) is 0 Å². The van der Waals surface area contributed by atoms with Crippen molar-refractivity contribution in [2.45, 2.75) is 180 Å². The Kier molecular flexibility index (Phi) is 27.6. The summed E-state index contributed by atoms with van der Waals surface area (Å²) in [7, 11) is 0. The number of hydrogen-bond acceptors (Lipinski definition) is 6. The Balaban J connectivity index is 4.84. The average molecular weight is 624 g/mol. The van der Waals surface area contributed by atoms with Crippen molar-refractivity contribution in [3.05, 3.63) is 0 Å². The molecule has 0 aromatic rings. The molecule has 0 aliphatic heterocycles. The number of nitrogens with two attached hydrogens (primary N) is 5. The van der Waals surface area contributed by atoms with E-state index in [2.05, 4.69) is 18.8 Å². The van der Waals surface area contributed by atoms with Crippen LogP contribution in [0.3, 0.4) is 0 Å². The van der Waals surface area contributed by atoms with Gasteiger partial charge in [0.25, 0.3) is 5.91 Å². The first-order valence-corrected chi connectivity index (χ1v) is 18.4. The zero-order chi connectivity index (χ0) is 32.9. The van der Waals surface area contributed by atoms with E-state index in [1.54, 1.807) is 4.90 Å². The van der Waals surface area contributed by atoms with Gasteiger partial charge in [0.05, 0.1) is 6.04 Å². The molecule has 0 spiro atoms. The number of amides is 1. The molecule has 0 aromatic heterocycles. The quantitative estimate of drug-likeness (QED) is 0.0262. The van der Waals surface area contributed by atoms with Crippen LogP contribution in [0.15, 0.2) is 4.99 Å². The summed E-state index contributed by atoms with van der Waals surface area (Å²) in [4.78, 5) is 32.8. The number of rotatable bonds is 32. The van der Waals surface area contributed by atoms with Gasteiger partial charge in [-0.1, -0.05) is 142 Å². The van der Waals surface area contributed by atoms with E-state index in [9.17, 15) is 9.59 Å². The molecule has 44 heavy (non-hydrogen) atoms. The Hall–Kier alpha value is -1.71. The molecular formula is C35H73N7O2. The van der Waals surface area contributed by atoms with Crippen LogP contribution in [0, 0.1) is 0 Å². The Morgan fingerprint density at radius 1 is 0.636 bits per heavy atom. The minimum atomic E-state index is -1.81. The summed E-state index contributed by atoms with van der Waals surface area (Å²) in [5, 5.41) is 0. The monoisotopic (exact) mass is 624 g/mol. The van der Waals surface area contributed by atoms with Crippen molar-refractivity contribution in [2.75, 3.05) is 26.2 Å². The molecule has 10 N–H and O–H groups in total. The first-order chi connectivity index (χ1) is 21.2. The van der Waals surface area contributed by atoms with Gasteiger partial charge in [0.2, 0.25) is 0 Å². The van der Waals surface area contributed by atoms with Crippen molar-refractivity contribution >= 4 is 17.6 Å². The van der Waals surface area contributed by atoms with E-state index in [1.165, 1.54) is 116 Å². The molecule has 0 bridgehead atoms. The van der Waals surface area contributed by atoms with E-state index < -0.39 is 17.4 Å². The smallest absolute Gasteiger partial charge is 0.251 e. The van der Waals surface area contributed by atoms with Crippen LogP contribution in [0.1, 0.15) is 168 Å². The van der Waals surface area contributed by atoms with Gasteiger partial charge in [0, 0.05) is 26.2 Å². The van der Waals surface area contributed by atoms with Crippen molar-refractivity contribution in [2.24, 2.45) is 33.7 Å². The summed E-state index contributed by atoms with van der Waals surface area (Å²) in [5.41, 5.74) is 27.6. The molecule has 0 heterocycles. The maximum atomic E-state index is 13.8. The molecule has 0 radical (unpaired) electrons. The van der Waals surface area contributed by atoms with Crippen LogP contribution in [0.5, 0.6) is 0 Å². The number of hydrogen-bond donors (Lipinski definition) is 5. The zero-order valence-electron chi connectivity index (χ0n) is 29.0. The first-order valence-electron chi connectivity index (χ1n) is 18.4. The number of carbonyl (C=O) groups is 2. The molecule has 0 saturated carbocycles. The van der Waals surface area contributed by atoms with E-state index in [0.29, 0.717) is 32.5 Å². The number of aliphatic imine (C=N–C) groups is 1. The lowest BCUT2D eigenvalue weighted by molar-refractivity contribution is -0.143. The first kappa shape index (κ1) is 42.3. The van der Waals surface area contributed by atoms with E-state index in [4.69, 9.17) is 28.7 Å². The maximum absolute atomic E-state index is 13.8. The highest BCUT2D eigenvalue weighted by Crippen LogP contribution is 2.17. The summed E-state index contributed by atoms with van der Waals surface area (Å²) in [6.45, 7) is 5.79. The van der Waals surface area contributed by atoms with Gasteiger partial charge in [-0.2, -0.15) is 0 Å². The molecular weight excluding hydrogens is 550 g/mol. The number of carbonyl (C=O) groups excluding carboxylic acids is 2. The second-order valence-electron chi connectivity index (χ2n) is 13.0. The molecule has 1 amide bonds. The average Bonchev–Trinajstić information content (AvgIpc) is 3.02. The number of Topliss-reactive ketones (excluding diaryl/α,β-unsaturated/α-hetero) is 1. The standard InChI is InChI=1S/C35H73N7O2/c1-3-5-7-9-11-13-15-16-18-20-22-24-29-42(28-23-21-19-17-14-12-10-8-6-4-2)33(44)35(40,30-36)32(43)31(37)26-25-27-41-34(38)39/h31H,3-30,36-37,40H2,1-2H3,(H4,38,39,41)/t31-,35?/m1/s1. The van der Waals surface area contributed by atoms with Gasteiger partial charge < -0.3 is 33.6 Å². The predicted octanol–water partition coefficient (Wildman–Crippen LogP) is 6.04. The predicted molar refractivity (Wildman–Crippen MR) is 188 cm³/mol. The molecule has 0 aliphatic rings. The lowest BCUT2D eigenvalue weighted by atomic mass is 9.87. The minimum Gasteiger partial charge on any atom is -0.370 e. The lowest BCUT2D eigenvalue weighted by Gasteiger charge is -2.34. The van der Waals surface area contributed by atoms with Crippen molar-refractivity contribution in [3.63, 3.8) is 0 Å². The Bertz CT molecular complexity index is 730. The summed E-state index contributed by atoms with van der Waals surface area (Å²) < 4.78 is 0. The van der Waals surface area contributed by atoms with Crippen LogP contribution >= 0.6 is 0 Å². The third-order valence-corrected chi connectivity index (χ3v) is 8.80. The van der Waals surface area contributed by atoms with Gasteiger partial charge in [-0.05, 0) is 25.7 Å². The SMILES string of the molecule is CCCCCCCCCCCCCCN(CCCCCCCCCCCC)C(=O)C(N)(CN)C(=O)[C@H](N)CCCN=C(N)N. The highest BCUT2D eigenvalue weighted by atomic mass is 16.2. The molecule has 260 valence electrons. The fourth-order valence-electron chi connectivity index (χ4n) is 5.81. The van der Waals surface area contributed by atoms with Crippen LogP contribution in [0.2, 0.25) is 0 Å². The van der Waals surface area contributed by atoms with Crippen molar-refractivity contribution in [1.29, 1.82) is 0 Å². The summed E-state index contributed by atoms with van der Waals surface area (Å²) in [6.07, 6.45) is 28.1.